The molecule has 0 saturated heterocycles. The number of aromatic nitrogens is 3. The van der Waals surface area contributed by atoms with Gasteiger partial charge in [-0.25, -0.2) is 0 Å². The van der Waals surface area contributed by atoms with Gasteiger partial charge in [0.25, 0.3) is 5.91 Å². The van der Waals surface area contributed by atoms with Crippen molar-refractivity contribution in [3.63, 3.8) is 0 Å². The zero-order chi connectivity index (χ0) is 23.5. The van der Waals surface area contributed by atoms with Crippen molar-refractivity contribution >= 4 is 17.9 Å². The SMILES string of the molecule is C=C1CC(c2cccc(N3Cc4c(cc(C=O)cc4C(F)(F)F)C3=O)c2)(c2nncn2C)C1. The molecule has 5 rings (SSSR count). The zero-order valence-electron chi connectivity index (χ0n) is 17.7. The molecule has 0 spiro atoms. The van der Waals surface area contributed by atoms with Crippen LogP contribution in [-0.4, -0.2) is 27.0 Å². The van der Waals surface area contributed by atoms with Crippen LogP contribution in [0.4, 0.5) is 18.9 Å². The molecule has 2 aromatic carbocycles. The first-order chi connectivity index (χ1) is 15.6. The molecule has 1 amide bonds. The molecule has 1 fully saturated rings. The first-order valence-electron chi connectivity index (χ1n) is 10.3. The summed E-state index contributed by atoms with van der Waals surface area (Å²) < 4.78 is 42.8. The van der Waals surface area contributed by atoms with E-state index in [9.17, 15) is 22.8 Å². The fourth-order valence-corrected chi connectivity index (χ4v) is 4.94. The highest BCUT2D eigenvalue weighted by Crippen LogP contribution is 2.51. The Labute approximate surface area is 187 Å². The van der Waals surface area contributed by atoms with E-state index in [0.29, 0.717) is 24.8 Å². The first-order valence-corrected chi connectivity index (χ1v) is 10.3. The average Bonchev–Trinajstić information content (AvgIpc) is 3.33. The fourth-order valence-electron chi connectivity index (χ4n) is 4.94. The average molecular weight is 452 g/mol. The molecular formula is C24H19F3N4O2. The highest BCUT2D eigenvalue weighted by molar-refractivity contribution is 6.11. The van der Waals surface area contributed by atoms with E-state index in [2.05, 4.69) is 16.8 Å². The summed E-state index contributed by atoms with van der Waals surface area (Å²) in [5.41, 5.74) is 0.602. The van der Waals surface area contributed by atoms with Crippen LogP contribution in [-0.2, 0) is 25.2 Å². The lowest BCUT2D eigenvalue weighted by Gasteiger charge is -2.43. The summed E-state index contributed by atoms with van der Waals surface area (Å²) in [6, 6.07) is 9.23. The Morgan fingerprint density at radius 1 is 1.18 bits per heavy atom. The number of hydrogen-bond acceptors (Lipinski definition) is 4. The monoisotopic (exact) mass is 452 g/mol. The second-order valence-corrected chi connectivity index (χ2v) is 8.60. The van der Waals surface area contributed by atoms with Gasteiger partial charge in [0.1, 0.15) is 18.4 Å². The maximum Gasteiger partial charge on any atom is 0.416 e. The van der Waals surface area contributed by atoms with E-state index in [1.54, 1.807) is 18.5 Å². The molecule has 1 aromatic heterocycles. The van der Waals surface area contributed by atoms with Crippen molar-refractivity contribution in [3.8, 4) is 0 Å². The Hall–Kier alpha value is -3.75. The topological polar surface area (TPSA) is 68.1 Å². The lowest BCUT2D eigenvalue weighted by atomic mass is 9.61. The van der Waals surface area contributed by atoms with Crippen molar-refractivity contribution in [3.05, 3.63) is 88.5 Å². The van der Waals surface area contributed by atoms with E-state index < -0.39 is 23.1 Å². The molecule has 168 valence electrons. The molecule has 0 bridgehead atoms. The van der Waals surface area contributed by atoms with Gasteiger partial charge < -0.3 is 9.47 Å². The Balaban J connectivity index is 1.57. The number of aryl methyl sites for hydroxylation is 1. The number of carbonyl (C=O) groups excluding carboxylic acids is 2. The number of allylic oxidation sites excluding steroid dienone is 1. The number of anilines is 1. The fraction of sp³-hybridized carbons (Fsp3) is 0.250. The Morgan fingerprint density at radius 2 is 1.94 bits per heavy atom. The highest BCUT2D eigenvalue weighted by atomic mass is 19.4. The Bertz CT molecular complexity index is 1320. The largest absolute Gasteiger partial charge is 0.416 e. The van der Waals surface area contributed by atoms with Gasteiger partial charge in [-0.1, -0.05) is 24.3 Å². The van der Waals surface area contributed by atoms with E-state index >= 15 is 0 Å². The van der Waals surface area contributed by atoms with Crippen LogP contribution in [0.15, 0.2) is 54.9 Å². The van der Waals surface area contributed by atoms with Gasteiger partial charge in [-0.2, -0.15) is 13.2 Å². The number of rotatable bonds is 4. The third kappa shape index (κ3) is 3.18. The molecule has 2 heterocycles. The number of amides is 1. The Morgan fingerprint density at radius 3 is 2.55 bits per heavy atom. The van der Waals surface area contributed by atoms with Crippen LogP contribution in [0.3, 0.4) is 0 Å². The molecule has 0 unspecified atom stereocenters. The molecule has 1 aliphatic heterocycles. The zero-order valence-corrected chi connectivity index (χ0v) is 17.7. The van der Waals surface area contributed by atoms with Crippen molar-refractivity contribution in [2.75, 3.05) is 4.90 Å². The number of hydrogen-bond donors (Lipinski definition) is 0. The number of nitrogens with zero attached hydrogens (tertiary/aromatic N) is 4. The maximum absolute atomic E-state index is 13.7. The van der Waals surface area contributed by atoms with Crippen molar-refractivity contribution in [2.45, 2.75) is 31.0 Å². The van der Waals surface area contributed by atoms with E-state index in [4.69, 9.17) is 0 Å². The van der Waals surface area contributed by atoms with Gasteiger partial charge in [0.2, 0.25) is 0 Å². The normalized spacial score (nSPS) is 17.2. The molecule has 1 saturated carbocycles. The maximum atomic E-state index is 13.7. The van der Waals surface area contributed by atoms with Gasteiger partial charge in [-0.15, -0.1) is 10.2 Å². The van der Waals surface area contributed by atoms with Gasteiger partial charge in [0.15, 0.2) is 0 Å². The predicted molar refractivity (Wildman–Crippen MR) is 114 cm³/mol. The molecule has 0 N–H and O–H groups in total. The standard InChI is InChI=1S/C24H19F3N4O2/c1-14-9-23(10-14,22-29-28-13-30(22)2)16-4-3-5-17(8-16)31-11-19-18(21(31)33)6-15(12-32)7-20(19)24(25,26)27/h3-8,12-13H,1,9-11H2,2H3. The van der Waals surface area contributed by atoms with Gasteiger partial charge in [0, 0.05) is 23.9 Å². The highest BCUT2D eigenvalue weighted by Gasteiger charge is 2.47. The summed E-state index contributed by atoms with van der Waals surface area (Å²) in [7, 11) is 1.85. The van der Waals surface area contributed by atoms with Crippen LogP contribution in [0, 0.1) is 0 Å². The Kier molecular flexibility index (Phi) is 4.56. The molecule has 0 radical (unpaired) electrons. The summed E-state index contributed by atoms with van der Waals surface area (Å²) in [5.74, 6) is 0.195. The van der Waals surface area contributed by atoms with Crippen molar-refractivity contribution < 1.29 is 22.8 Å². The van der Waals surface area contributed by atoms with E-state index in [-0.39, 0.29) is 23.2 Å². The first kappa shape index (κ1) is 21.1. The van der Waals surface area contributed by atoms with Gasteiger partial charge >= 0.3 is 6.18 Å². The third-order valence-electron chi connectivity index (χ3n) is 6.46. The molecule has 33 heavy (non-hydrogen) atoms. The molecule has 6 nitrogen and oxygen atoms in total. The molecule has 9 heteroatoms. The van der Waals surface area contributed by atoms with Crippen molar-refractivity contribution in [2.24, 2.45) is 7.05 Å². The van der Waals surface area contributed by atoms with Crippen molar-refractivity contribution in [1.29, 1.82) is 0 Å². The van der Waals surface area contributed by atoms with Crippen LogP contribution >= 0.6 is 0 Å². The summed E-state index contributed by atoms with van der Waals surface area (Å²) in [6.07, 6.45) is -1.41. The predicted octanol–water partition coefficient (Wildman–Crippen LogP) is 4.44. The van der Waals surface area contributed by atoms with Gasteiger partial charge in [-0.3, -0.25) is 9.59 Å². The molecule has 0 atom stereocenters. The van der Waals surface area contributed by atoms with Crippen LogP contribution in [0.5, 0.6) is 0 Å². The lowest BCUT2D eigenvalue weighted by Crippen LogP contribution is -2.39. The molecule has 3 aromatic rings. The molecule has 2 aliphatic rings. The van der Waals surface area contributed by atoms with Crippen molar-refractivity contribution in [1.82, 2.24) is 14.8 Å². The van der Waals surface area contributed by atoms with Crippen LogP contribution < -0.4 is 4.90 Å². The summed E-state index contributed by atoms with van der Waals surface area (Å²) in [5, 5.41) is 8.28. The van der Waals surface area contributed by atoms with Gasteiger partial charge in [-0.05, 0) is 48.2 Å². The minimum absolute atomic E-state index is 0.0997. The van der Waals surface area contributed by atoms with Gasteiger partial charge in [0.05, 0.1) is 17.5 Å². The quantitative estimate of drug-likeness (QED) is 0.434. The van der Waals surface area contributed by atoms with Crippen LogP contribution in [0.25, 0.3) is 0 Å². The van der Waals surface area contributed by atoms with E-state index in [0.717, 1.165) is 23.0 Å². The number of carbonyl (C=O) groups is 2. The summed E-state index contributed by atoms with van der Waals surface area (Å²) in [6.45, 7) is 3.82. The number of benzene rings is 2. The van der Waals surface area contributed by atoms with Crippen LogP contribution in [0.2, 0.25) is 0 Å². The second kappa shape index (κ2) is 7.13. The van der Waals surface area contributed by atoms with E-state index in [1.807, 2.05) is 23.7 Å². The minimum atomic E-state index is -4.68. The number of alkyl halides is 3. The smallest absolute Gasteiger partial charge is 0.320 e. The number of fused-ring (bicyclic) bond motifs is 1. The van der Waals surface area contributed by atoms with E-state index in [1.165, 1.54) is 11.0 Å². The molecule has 1 aliphatic carbocycles. The molecular weight excluding hydrogens is 433 g/mol. The minimum Gasteiger partial charge on any atom is -0.320 e. The number of halogens is 3. The second-order valence-electron chi connectivity index (χ2n) is 8.60. The summed E-state index contributed by atoms with van der Waals surface area (Å²) >= 11 is 0. The lowest BCUT2D eigenvalue weighted by molar-refractivity contribution is -0.138. The van der Waals surface area contributed by atoms with Crippen LogP contribution in [0.1, 0.15) is 56.1 Å². The summed E-state index contributed by atoms with van der Waals surface area (Å²) in [4.78, 5) is 25.6. The third-order valence-corrected chi connectivity index (χ3v) is 6.46. The number of aldehydes is 1.